The highest BCUT2D eigenvalue weighted by Gasteiger charge is 2.34. The largest absolute Gasteiger partial charge is 0.450 e. The van der Waals surface area contributed by atoms with Gasteiger partial charge in [-0.25, -0.2) is 0 Å². The zero-order valence-electron chi connectivity index (χ0n) is 12.7. The molecule has 4 heterocycles. The summed E-state index contributed by atoms with van der Waals surface area (Å²) in [6.45, 7) is 6.51. The Morgan fingerprint density at radius 1 is 1.33 bits per heavy atom. The fourth-order valence-corrected chi connectivity index (χ4v) is 4.00. The van der Waals surface area contributed by atoms with Crippen LogP contribution in [0.1, 0.15) is 25.2 Å². The van der Waals surface area contributed by atoms with Crippen LogP contribution in [0.4, 0.5) is 0 Å². The smallest absolute Gasteiger partial charge is 0.259 e. The second-order valence-electron chi connectivity index (χ2n) is 6.13. The lowest BCUT2D eigenvalue weighted by atomic mass is 9.97. The normalized spacial score (nSPS) is 12.8. The van der Waals surface area contributed by atoms with Crippen LogP contribution in [0.2, 0.25) is 0 Å². The summed E-state index contributed by atoms with van der Waals surface area (Å²) in [4.78, 5) is 0.956. The minimum absolute atomic E-state index is 0.597. The standard InChI is InChI=1S/C17H18NO2S/c1-9(2)7-11-5-6-18(4)15-13-10(3)19-17-14(13)12(8-21-17)20-16(11)15/h5-6,8-9H,7H2,1-4H3/q+1. The second-order valence-corrected chi connectivity index (χ2v) is 6.97. The Labute approximate surface area is 127 Å². The van der Waals surface area contributed by atoms with Gasteiger partial charge in [-0.1, -0.05) is 13.8 Å². The van der Waals surface area contributed by atoms with Gasteiger partial charge in [0.15, 0.2) is 16.8 Å². The molecule has 0 radical (unpaired) electrons. The molecule has 4 heteroatoms. The van der Waals surface area contributed by atoms with Crippen molar-refractivity contribution in [3.8, 4) is 22.8 Å². The van der Waals surface area contributed by atoms with E-state index in [-0.39, 0.29) is 0 Å². The maximum Gasteiger partial charge on any atom is 0.259 e. The van der Waals surface area contributed by atoms with Crippen molar-refractivity contribution in [3.05, 3.63) is 29.0 Å². The number of aromatic nitrogens is 1. The van der Waals surface area contributed by atoms with E-state index in [9.17, 15) is 0 Å². The average molecular weight is 300 g/mol. The number of hydrogen-bond acceptors (Lipinski definition) is 3. The second kappa shape index (κ2) is 4.34. The Balaban J connectivity index is 2.05. The van der Waals surface area contributed by atoms with Crippen molar-refractivity contribution in [2.45, 2.75) is 27.2 Å². The first-order chi connectivity index (χ1) is 10.1. The van der Waals surface area contributed by atoms with Crippen LogP contribution in [-0.4, -0.2) is 0 Å². The van der Waals surface area contributed by atoms with Crippen molar-refractivity contribution in [2.75, 3.05) is 0 Å². The third-order valence-electron chi connectivity index (χ3n) is 4.01. The Morgan fingerprint density at radius 3 is 2.90 bits per heavy atom. The fraction of sp³-hybridized carbons (Fsp3) is 0.353. The minimum atomic E-state index is 0.597. The number of thiophene rings is 1. The molecule has 0 fully saturated rings. The molecule has 3 aromatic heterocycles. The molecule has 3 aromatic rings. The summed E-state index contributed by atoms with van der Waals surface area (Å²) in [5.74, 6) is 3.50. The quantitative estimate of drug-likeness (QED) is 0.506. The highest BCUT2D eigenvalue weighted by molar-refractivity contribution is 7.17. The van der Waals surface area contributed by atoms with Gasteiger partial charge in [-0.05, 0) is 19.3 Å². The van der Waals surface area contributed by atoms with Gasteiger partial charge in [-0.15, -0.1) is 11.3 Å². The predicted octanol–water partition coefficient (Wildman–Crippen LogP) is 4.60. The van der Waals surface area contributed by atoms with Crippen LogP contribution in [-0.2, 0) is 13.5 Å². The number of ether oxygens (including phenoxy) is 1. The van der Waals surface area contributed by atoms with E-state index in [1.54, 1.807) is 11.3 Å². The van der Waals surface area contributed by atoms with Crippen LogP contribution in [0.5, 0.6) is 11.5 Å². The molecular formula is C17H18NO2S+. The first kappa shape index (κ1) is 12.9. The number of pyridine rings is 1. The summed E-state index contributed by atoms with van der Waals surface area (Å²) in [6, 6.07) is 2.17. The molecule has 0 saturated heterocycles. The van der Waals surface area contributed by atoms with E-state index in [0.29, 0.717) is 5.92 Å². The predicted molar refractivity (Wildman–Crippen MR) is 84.1 cm³/mol. The number of furan rings is 1. The van der Waals surface area contributed by atoms with Gasteiger partial charge in [-0.2, -0.15) is 4.57 Å². The highest BCUT2D eigenvalue weighted by Crippen LogP contribution is 2.51. The van der Waals surface area contributed by atoms with Crippen LogP contribution in [0.25, 0.3) is 21.5 Å². The monoisotopic (exact) mass is 300 g/mol. The Bertz CT molecular complexity index is 857. The third kappa shape index (κ3) is 1.75. The highest BCUT2D eigenvalue weighted by atomic mass is 32.1. The van der Waals surface area contributed by atoms with E-state index in [0.717, 1.165) is 39.7 Å². The van der Waals surface area contributed by atoms with E-state index in [4.69, 9.17) is 9.15 Å². The van der Waals surface area contributed by atoms with Gasteiger partial charge in [0.1, 0.15) is 18.4 Å². The molecule has 0 atom stereocenters. The van der Waals surface area contributed by atoms with E-state index < -0.39 is 0 Å². The van der Waals surface area contributed by atoms with Crippen LogP contribution in [0, 0.1) is 12.8 Å². The topological polar surface area (TPSA) is 26.2 Å². The van der Waals surface area contributed by atoms with Crippen molar-refractivity contribution >= 4 is 21.6 Å². The zero-order valence-corrected chi connectivity index (χ0v) is 13.5. The number of aryl methyl sites for hydroxylation is 2. The van der Waals surface area contributed by atoms with Gasteiger partial charge in [-0.3, -0.25) is 0 Å². The molecular weight excluding hydrogens is 282 g/mol. The van der Waals surface area contributed by atoms with Gasteiger partial charge in [0.25, 0.3) is 5.69 Å². The van der Waals surface area contributed by atoms with Crippen molar-refractivity contribution in [1.82, 2.24) is 0 Å². The van der Waals surface area contributed by atoms with Gasteiger partial charge in [0.05, 0.1) is 5.39 Å². The van der Waals surface area contributed by atoms with Gasteiger partial charge < -0.3 is 9.15 Å². The molecule has 0 aromatic carbocycles. The summed E-state index contributed by atoms with van der Waals surface area (Å²) in [5.41, 5.74) is 3.59. The lowest BCUT2D eigenvalue weighted by molar-refractivity contribution is -0.660. The fourth-order valence-electron chi connectivity index (χ4n) is 3.13. The molecule has 4 rings (SSSR count). The first-order valence-electron chi connectivity index (χ1n) is 7.26. The Kier molecular flexibility index (Phi) is 2.67. The molecule has 1 aliphatic rings. The summed E-state index contributed by atoms with van der Waals surface area (Å²) < 4.78 is 14.3. The van der Waals surface area contributed by atoms with Crippen molar-refractivity contribution < 1.29 is 13.7 Å². The third-order valence-corrected chi connectivity index (χ3v) is 4.84. The van der Waals surface area contributed by atoms with Gasteiger partial charge in [0.2, 0.25) is 5.75 Å². The maximum atomic E-state index is 6.25. The number of nitrogens with zero attached hydrogens (tertiary/aromatic N) is 1. The van der Waals surface area contributed by atoms with Crippen molar-refractivity contribution in [3.63, 3.8) is 0 Å². The lowest BCUT2D eigenvalue weighted by Gasteiger charge is -2.17. The van der Waals surface area contributed by atoms with Crippen molar-refractivity contribution in [2.24, 2.45) is 13.0 Å². The van der Waals surface area contributed by atoms with E-state index in [1.807, 2.05) is 12.3 Å². The van der Waals surface area contributed by atoms with Crippen molar-refractivity contribution in [1.29, 1.82) is 0 Å². The number of fused-ring (bicyclic) bond motifs is 2. The molecule has 0 amide bonds. The molecule has 0 spiro atoms. The van der Waals surface area contributed by atoms with Gasteiger partial charge >= 0.3 is 0 Å². The van der Waals surface area contributed by atoms with E-state index >= 15 is 0 Å². The molecule has 21 heavy (non-hydrogen) atoms. The van der Waals surface area contributed by atoms with E-state index in [1.165, 1.54) is 11.1 Å². The summed E-state index contributed by atoms with van der Waals surface area (Å²) in [7, 11) is 2.07. The lowest BCUT2D eigenvalue weighted by Crippen LogP contribution is -2.32. The molecule has 0 N–H and O–H groups in total. The molecule has 0 bridgehead atoms. The number of rotatable bonds is 2. The van der Waals surface area contributed by atoms with Crippen LogP contribution < -0.4 is 9.30 Å². The summed E-state index contributed by atoms with van der Waals surface area (Å²) in [6.07, 6.45) is 3.14. The zero-order chi connectivity index (χ0) is 14.7. The first-order valence-corrected chi connectivity index (χ1v) is 8.14. The molecule has 3 nitrogen and oxygen atoms in total. The molecule has 108 valence electrons. The molecule has 0 aliphatic carbocycles. The minimum Gasteiger partial charge on any atom is -0.450 e. The Morgan fingerprint density at radius 2 is 2.14 bits per heavy atom. The summed E-state index contributed by atoms with van der Waals surface area (Å²) >= 11 is 1.61. The Hall–Kier alpha value is -1.81. The molecule has 1 aliphatic heterocycles. The van der Waals surface area contributed by atoms with Crippen LogP contribution in [0.3, 0.4) is 0 Å². The average Bonchev–Trinajstić information content (AvgIpc) is 2.97. The SMILES string of the molecule is Cc1oc2scc3c2c1-c1c(c(CC(C)C)cc[n+]1C)O3. The van der Waals surface area contributed by atoms with Crippen LogP contribution >= 0.6 is 11.3 Å². The van der Waals surface area contributed by atoms with Crippen LogP contribution in [0.15, 0.2) is 22.1 Å². The number of hydrogen-bond donors (Lipinski definition) is 0. The van der Waals surface area contributed by atoms with E-state index in [2.05, 4.69) is 37.7 Å². The maximum absolute atomic E-state index is 6.25. The summed E-state index contributed by atoms with van der Waals surface area (Å²) in [5, 5.41) is 3.17. The molecule has 0 saturated carbocycles. The molecule has 0 unspecified atom stereocenters. The van der Waals surface area contributed by atoms with Gasteiger partial charge in [0, 0.05) is 17.0 Å².